The Labute approximate surface area is 172 Å². The Bertz CT molecular complexity index is 1130. The Morgan fingerprint density at radius 2 is 1.79 bits per heavy atom. The first-order chi connectivity index (χ1) is 14.2. The van der Waals surface area contributed by atoms with Crippen molar-refractivity contribution in [3.63, 3.8) is 0 Å². The van der Waals surface area contributed by atoms with Crippen molar-refractivity contribution in [3.8, 4) is 0 Å². The second-order valence-electron chi connectivity index (χ2n) is 6.27. The van der Waals surface area contributed by atoms with Gasteiger partial charge in [-0.25, -0.2) is 5.43 Å². The van der Waals surface area contributed by atoms with E-state index in [0.717, 1.165) is 11.3 Å². The molecule has 1 aliphatic heterocycles. The molecular formula is C22H19N3O3S. The second-order valence-corrected chi connectivity index (χ2v) is 7.19. The molecule has 1 amide bonds. The lowest BCUT2D eigenvalue weighted by Gasteiger charge is -2.23. The maximum Gasteiger partial charge on any atom is 0.275 e. The van der Waals surface area contributed by atoms with Gasteiger partial charge in [0.1, 0.15) is 5.42 Å². The first-order valence-corrected chi connectivity index (χ1v) is 10.00. The predicted octanol–water partition coefficient (Wildman–Crippen LogP) is 2.61. The van der Waals surface area contributed by atoms with Gasteiger partial charge in [-0.15, -0.1) is 5.10 Å². The zero-order chi connectivity index (χ0) is 20.1. The number of carbonyl (C=O) groups excluding carboxylic acids is 1. The fraction of sp³-hybridized carbons (Fsp3) is 0.0909. The van der Waals surface area contributed by atoms with Gasteiger partial charge in [0.15, 0.2) is 0 Å². The van der Waals surface area contributed by atoms with Gasteiger partial charge in [-0.05, 0) is 23.8 Å². The van der Waals surface area contributed by atoms with Gasteiger partial charge in [0, 0.05) is 5.69 Å². The van der Waals surface area contributed by atoms with Crippen LogP contribution in [0.15, 0.2) is 82.5 Å². The molecule has 0 fully saturated rings. The first kappa shape index (κ1) is 18.9. The molecule has 1 aromatic heterocycles. The van der Waals surface area contributed by atoms with E-state index >= 15 is 0 Å². The van der Waals surface area contributed by atoms with E-state index < -0.39 is 0 Å². The van der Waals surface area contributed by atoms with Crippen LogP contribution in [0.1, 0.15) is 5.56 Å². The van der Waals surface area contributed by atoms with Gasteiger partial charge in [0.05, 0.1) is 23.8 Å². The highest BCUT2D eigenvalue weighted by Gasteiger charge is 2.21. The summed E-state index contributed by atoms with van der Waals surface area (Å²) in [6.45, 7) is 4.29. The third-order valence-electron chi connectivity index (χ3n) is 4.30. The van der Waals surface area contributed by atoms with Crippen molar-refractivity contribution in [3.05, 3.63) is 89.2 Å². The van der Waals surface area contributed by atoms with Crippen molar-refractivity contribution in [2.45, 2.75) is 6.54 Å². The summed E-state index contributed by atoms with van der Waals surface area (Å²) in [5.41, 5.74) is 5.21. The van der Waals surface area contributed by atoms with E-state index in [-0.39, 0.29) is 11.7 Å². The molecule has 2 aromatic carbocycles. The molecule has 2 heterocycles. The van der Waals surface area contributed by atoms with Gasteiger partial charge in [-0.2, -0.15) is 0 Å². The molecule has 4 rings (SSSR count). The number of para-hydroxylation sites is 1. The number of nitrogens with one attached hydrogen (secondary N) is 1. The minimum Gasteiger partial charge on any atom is -0.465 e. The van der Waals surface area contributed by atoms with E-state index in [1.807, 2.05) is 60.7 Å². The van der Waals surface area contributed by atoms with Gasteiger partial charge in [-0.1, -0.05) is 66.9 Å². The Hall–Kier alpha value is -3.45. The quantitative estimate of drug-likeness (QED) is 0.707. The maximum atomic E-state index is 13.0. The van der Waals surface area contributed by atoms with Crippen molar-refractivity contribution in [2.75, 3.05) is 10.7 Å². The highest BCUT2D eigenvalue weighted by Crippen LogP contribution is 2.20. The minimum atomic E-state index is -0.0361. The van der Waals surface area contributed by atoms with Crippen LogP contribution in [0.3, 0.4) is 0 Å². The fourth-order valence-electron chi connectivity index (χ4n) is 2.85. The standard InChI is InChI=1S/C22H19N3O3S/c1-16-19(12-13-27-16)21-23-24-22(28-21)29-15-20(26)25(18-10-6-3-7-11-18)14-17-8-4-2-5-9-17/h2-13,23H,1,14-15H2. The number of nitrogens with zero attached hydrogens (tertiary/aromatic N) is 2. The number of carbonyl (C=O) groups is 1. The van der Waals surface area contributed by atoms with Gasteiger partial charge in [0.25, 0.3) is 5.23 Å². The van der Waals surface area contributed by atoms with Crippen molar-refractivity contribution >= 4 is 41.0 Å². The zero-order valence-corrected chi connectivity index (χ0v) is 16.4. The monoisotopic (exact) mass is 405 g/mol. The number of amides is 1. The number of benzene rings is 2. The maximum absolute atomic E-state index is 13.0. The Morgan fingerprint density at radius 1 is 1.07 bits per heavy atom. The molecule has 0 saturated heterocycles. The van der Waals surface area contributed by atoms with Crippen molar-refractivity contribution in [2.24, 2.45) is 5.10 Å². The summed E-state index contributed by atoms with van der Waals surface area (Å²) < 4.78 is 10.9. The summed E-state index contributed by atoms with van der Waals surface area (Å²) in [4.78, 5) is 14.8. The molecule has 0 radical (unpaired) electrons. The molecule has 3 aromatic rings. The smallest absolute Gasteiger partial charge is 0.275 e. The molecule has 146 valence electrons. The van der Waals surface area contributed by atoms with Crippen LogP contribution in [0.4, 0.5) is 5.69 Å². The van der Waals surface area contributed by atoms with E-state index in [2.05, 4.69) is 17.1 Å². The molecule has 0 atom stereocenters. The van der Waals surface area contributed by atoms with E-state index in [1.54, 1.807) is 11.0 Å². The molecule has 6 nitrogen and oxygen atoms in total. The summed E-state index contributed by atoms with van der Waals surface area (Å²) in [6, 6.07) is 21.3. The largest absolute Gasteiger partial charge is 0.465 e. The average Bonchev–Trinajstić information content (AvgIpc) is 3.40. The average molecular weight is 405 g/mol. The third-order valence-corrected chi connectivity index (χ3v) is 5.11. The topological polar surface area (TPSA) is 67.1 Å². The highest BCUT2D eigenvalue weighted by molar-refractivity contribution is 8.14. The Balaban J connectivity index is 1.45. The normalized spacial score (nSPS) is 14.7. The second kappa shape index (κ2) is 8.70. The zero-order valence-electron chi connectivity index (χ0n) is 15.6. The van der Waals surface area contributed by atoms with E-state index in [1.165, 1.54) is 18.0 Å². The lowest BCUT2D eigenvalue weighted by molar-refractivity contribution is -0.116. The Morgan fingerprint density at radius 3 is 2.48 bits per heavy atom. The number of hydrogen-bond acceptors (Lipinski definition) is 6. The lowest BCUT2D eigenvalue weighted by Crippen LogP contribution is -2.32. The van der Waals surface area contributed by atoms with Crippen LogP contribution < -0.4 is 21.0 Å². The molecule has 1 aliphatic rings. The van der Waals surface area contributed by atoms with E-state index in [9.17, 15) is 4.79 Å². The van der Waals surface area contributed by atoms with Crippen LogP contribution in [-0.2, 0) is 16.1 Å². The number of hydrogen-bond donors (Lipinski definition) is 1. The molecule has 0 unspecified atom stereocenters. The number of hydrazone groups is 1. The van der Waals surface area contributed by atoms with Crippen LogP contribution in [-0.4, -0.2) is 16.9 Å². The molecule has 29 heavy (non-hydrogen) atoms. The molecule has 1 N–H and O–H groups in total. The van der Waals surface area contributed by atoms with E-state index in [0.29, 0.717) is 28.3 Å². The number of thioether (sulfide) groups is 1. The summed E-state index contributed by atoms with van der Waals surface area (Å²) >= 11 is 1.23. The number of furan rings is 1. The molecule has 0 saturated carbocycles. The minimum absolute atomic E-state index is 0.0361. The van der Waals surface area contributed by atoms with Crippen LogP contribution in [0.2, 0.25) is 0 Å². The van der Waals surface area contributed by atoms with Crippen molar-refractivity contribution < 1.29 is 13.9 Å². The molecule has 7 heteroatoms. The summed E-state index contributed by atoms with van der Waals surface area (Å²) in [5.74, 6) is 0.604. The fourth-order valence-corrected chi connectivity index (χ4v) is 3.50. The molecule has 0 bridgehead atoms. The lowest BCUT2D eigenvalue weighted by atomic mass is 10.2. The van der Waals surface area contributed by atoms with Crippen molar-refractivity contribution in [1.82, 2.24) is 5.43 Å². The van der Waals surface area contributed by atoms with Gasteiger partial charge in [0.2, 0.25) is 11.8 Å². The van der Waals surface area contributed by atoms with Gasteiger partial charge >= 0.3 is 0 Å². The number of anilines is 1. The van der Waals surface area contributed by atoms with E-state index in [4.69, 9.17) is 9.15 Å². The highest BCUT2D eigenvalue weighted by atomic mass is 32.2. The van der Waals surface area contributed by atoms with Crippen LogP contribution in [0.5, 0.6) is 0 Å². The van der Waals surface area contributed by atoms with Crippen LogP contribution in [0.25, 0.3) is 12.5 Å². The first-order valence-electron chi connectivity index (χ1n) is 9.01. The van der Waals surface area contributed by atoms with Crippen LogP contribution >= 0.6 is 11.8 Å². The van der Waals surface area contributed by atoms with Gasteiger partial charge in [-0.3, -0.25) is 4.79 Å². The molecule has 0 aliphatic carbocycles. The summed E-state index contributed by atoms with van der Waals surface area (Å²) in [6.07, 6.45) is 1.53. The summed E-state index contributed by atoms with van der Waals surface area (Å²) in [7, 11) is 0. The van der Waals surface area contributed by atoms with Crippen LogP contribution in [0, 0.1) is 0 Å². The molecular weight excluding hydrogens is 386 g/mol. The Kier molecular flexibility index (Phi) is 5.67. The SMILES string of the molecule is C=c1occc1=C1NN=C(SCC(=O)N(Cc2ccccc2)c2ccccc2)O1. The van der Waals surface area contributed by atoms with Crippen molar-refractivity contribution in [1.29, 1.82) is 0 Å². The molecule has 0 spiro atoms. The summed E-state index contributed by atoms with van der Waals surface area (Å²) in [5, 5.41) is 5.21. The van der Waals surface area contributed by atoms with Gasteiger partial charge < -0.3 is 14.1 Å². The third kappa shape index (κ3) is 4.52. The number of rotatable bonds is 5. The number of ether oxygens (including phenoxy) is 1. The predicted molar refractivity (Wildman–Crippen MR) is 115 cm³/mol.